The molecule has 1 N–H and O–H groups in total. The summed E-state index contributed by atoms with van der Waals surface area (Å²) in [6.07, 6.45) is -1.89. The molecule has 0 bridgehead atoms. The van der Waals surface area contributed by atoms with Crippen LogP contribution in [0.1, 0.15) is 35.4 Å². The minimum absolute atomic E-state index is 0.0287. The van der Waals surface area contributed by atoms with Crippen molar-refractivity contribution in [2.75, 3.05) is 28.2 Å². The Bertz CT molecular complexity index is 1690. The summed E-state index contributed by atoms with van der Waals surface area (Å²) >= 11 is 5.99. The van der Waals surface area contributed by atoms with Crippen LogP contribution in [0.25, 0.3) is 0 Å². The fourth-order valence-corrected chi connectivity index (χ4v) is 4.66. The standard InChI is InChI=1S/C29H22ClF4N7O2/c1-3-26(42)39-25-13-18(36-16-37-25)6-4-10-40(19-8-9-23(31)22(30)14-19)28(43)24-7-5-11-41(24)27-20(15-35)21(29(32,33)34)12-17(2)38-27/h3,8-9,12-14,16,24H,1,5,7,10-11H2,2H3,(H,36,37,39,42)/t24-/m0/s1. The summed E-state index contributed by atoms with van der Waals surface area (Å²) in [5, 5.41) is 11.9. The quantitative estimate of drug-likeness (QED) is 0.236. The molecule has 0 radical (unpaired) electrons. The molecular weight excluding hydrogens is 590 g/mol. The number of pyridine rings is 1. The van der Waals surface area contributed by atoms with E-state index in [0.29, 0.717) is 6.42 Å². The Morgan fingerprint density at radius 3 is 2.72 bits per heavy atom. The smallest absolute Gasteiger partial charge is 0.343 e. The lowest BCUT2D eigenvalue weighted by molar-refractivity contribution is -0.137. The van der Waals surface area contributed by atoms with E-state index in [2.05, 4.69) is 38.7 Å². The molecule has 3 aromatic rings. The molecule has 1 atom stereocenters. The number of hydrogen-bond donors (Lipinski definition) is 1. The number of amides is 2. The van der Waals surface area contributed by atoms with E-state index in [0.717, 1.165) is 18.2 Å². The first-order valence-electron chi connectivity index (χ1n) is 12.7. The first-order chi connectivity index (χ1) is 20.4. The number of anilines is 3. The van der Waals surface area contributed by atoms with Crippen molar-refractivity contribution in [3.05, 3.63) is 82.7 Å². The highest BCUT2D eigenvalue weighted by Gasteiger charge is 2.40. The number of hydrogen-bond acceptors (Lipinski definition) is 7. The zero-order chi connectivity index (χ0) is 31.3. The minimum atomic E-state index is -4.81. The number of aromatic nitrogens is 3. The number of rotatable bonds is 6. The van der Waals surface area contributed by atoms with Gasteiger partial charge in [-0.1, -0.05) is 24.1 Å². The average molecular weight is 612 g/mol. The summed E-state index contributed by atoms with van der Waals surface area (Å²) in [6, 6.07) is 6.42. The van der Waals surface area contributed by atoms with Crippen molar-refractivity contribution in [2.24, 2.45) is 0 Å². The second-order valence-corrected chi connectivity index (χ2v) is 9.68. The van der Waals surface area contributed by atoms with Gasteiger partial charge in [-0.25, -0.2) is 19.3 Å². The molecule has 9 nitrogen and oxygen atoms in total. The van der Waals surface area contributed by atoms with Crippen LogP contribution in [0.2, 0.25) is 5.02 Å². The zero-order valence-electron chi connectivity index (χ0n) is 22.5. The molecule has 220 valence electrons. The number of alkyl halides is 3. The number of carbonyl (C=O) groups excluding carboxylic acids is 2. The summed E-state index contributed by atoms with van der Waals surface area (Å²) in [5.41, 5.74) is -1.40. The number of nitriles is 1. The van der Waals surface area contributed by atoms with Gasteiger partial charge in [-0.3, -0.25) is 14.5 Å². The molecule has 2 aromatic heterocycles. The molecule has 2 amide bonds. The van der Waals surface area contributed by atoms with Crippen molar-refractivity contribution in [3.8, 4) is 17.9 Å². The second-order valence-electron chi connectivity index (χ2n) is 9.28. The molecule has 14 heteroatoms. The van der Waals surface area contributed by atoms with Crippen LogP contribution in [-0.2, 0) is 15.8 Å². The fraction of sp³-hybridized carbons (Fsp3) is 0.241. The molecule has 4 rings (SSSR count). The Hall–Kier alpha value is -5.01. The van der Waals surface area contributed by atoms with E-state index in [9.17, 15) is 32.4 Å². The van der Waals surface area contributed by atoms with Crippen molar-refractivity contribution in [2.45, 2.75) is 32.0 Å². The number of benzene rings is 1. The molecule has 3 heterocycles. The van der Waals surface area contributed by atoms with Gasteiger partial charge in [0, 0.05) is 24.0 Å². The van der Waals surface area contributed by atoms with Crippen LogP contribution in [0.3, 0.4) is 0 Å². The van der Waals surface area contributed by atoms with E-state index in [-0.39, 0.29) is 53.2 Å². The van der Waals surface area contributed by atoms with Gasteiger partial charge < -0.3 is 10.2 Å². The monoisotopic (exact) mass is 611 g/mol. The first kappa shape index (κ1) is 30.9. The van der Waals surface area contributed by atoms with Crippen LogP contribution >= 0.6 is 11.6 Å². The molecule has 1 fully saturated rings. The van der Waals surface area contributed by atoms with Crippen molar-refractivity contribution in [3.63, 3.8) is 0 Å². The third-order valence-corrected chi connectivity index (χ3v) is 6.68. The predicted octanol–water partition coefficient (Wildman–Crippen LogP) is 5.04. The van der Waals surface area contributed by atoms with Gasteiger partial charge in [-0.2, -0.15) is 18.4 Å². The molecule has 0 saturated carbocycles. The zero-order valence-corrected chi connectivity index (χ0v) is 23.3. The number of nitrogens with zero attached hydrogens (tertiary/aromatic N) is 6. The minimum Gasteiger partial charge on any atom is -0.343 e. The van der Waals surface area contributed by atoms with Gasteiger partial charge in [-0.15, -0.1) is 0 Å². The van der Waals surface area contributed by atoms with Crippen LogP contribution in [0.5, 0.6) is 0 Å². The van der Waals surface area contributed by atoms with Crippen molar-refractivity contribution >= 4 is 40.7 Å². The van der Waals surface area contributed by atoms with Gasteiger partial charge in [0.25, 0.3) is 5.91 Å². The molecular formula is C29H22ClF4N7O2. The lowest BCUT2D eigenvalue weighted by Gasteiger charge is -2.31. The van der Waals surface area contributed by atoms with E-state index in [1.807, 2.05) is 0 Å². The van der Waals surface area contributed by atoms with Crippen LogP contribution in [0.4, 0.5) is 34.9 Å². The lowest BCUT2D eigenvalue weighted by Crippen LogP contribution is -2.47. The maximum Gasteiger partial charge on any atom is 0.417 e. The number of carbonyl (C=O) groups is 2. The third-order valence-electron chi connectivity index (χ3n) is 6.39. The largest absolute Gasteiger partial charge is 0.417 e. The summed E-state index contributed by atoms with van der Waals surface area (Å²) in [4.78, 5) is 40.3. The normalized spacial score (nSPS) is 14.3. The van der Waals surface area contributed by atoms with Crippen molar-refractivity contribution in [1.82, 2.24) is 15.0 Å². The van der Waals surface area contributed by atoms with E-state index in [4.69, 9.17) is 11.6 Å². The van der Waals surface area contributed by atoms with Gasteiger partial charge >= 0.3 is 6.18 Å². The van der Waals surface area contributed by atoms with Crippen LogP contribution in [-0.4, -0.2) is 45.9 Å². The van der Waals surface area contributed by atoms with Crippen LogP contribution < -0.4 is 15.1 Å². The van der Waals surface area contributed by atoms with E-state index in [1.54, 1.807) is 6.07 Å². The SMILES string of the molecule is C=CC(=O)Nc1cc(C#CCN(C(=O)[C@@H]2CCCN2c2nc(C)cc(C(F)(F)F)c2C#N)c2ccc(F)c(Cl)c2)ncn1. The highest BCUT2D eigenvalue weighted by atomic mass is 35.5. The van der Waals surface area contributed by atoms with Gasteiger partial charge in [0.2, 0.25) is 5.91 Å². The summed E-state index contributed by atoms with van der Waals surface area (Å²) in [5.74, 6) is 3.71. The molecule has 43 heavy (non-hydrogen) atoms. The fourth-order valence-electron chi connectivity index (χ4n) is 4.49. The molecule has 0 spiro atoms. The highest BCUT2D eigenvalue weighted by Crippen LogP contribution is 2.38. The van der Waals surface area contributed by atoms with Gasteiger partial charge in [0.1, 0.15) is 47.1 Å². The van der Waals surface area contributed by atoms with E-state index < -0.39 is 41.0 Å². The first-order valence-corrected chi connectivity index (χ1v) is 13.1. The summed E-state index contributed by atoms with van der Waals surface area (Å²) in [7, 11) is 0. The van der Waals surface area contributed by atoms with Gasteiger partial charge in [0.05, 0.1) is 17.1 Å². The van der Waals surface area contributed by atoms with Gasteiger partial charge in [0.15, 0.2) is 0 Å². The molecule has 1 aromatic carbocycles. The lowest BCUT2D eigenvalue weighted by atomic mass is 10.1. The topological polar surface area (TPSA) is 115 Å². The Morgan fingerprint density at radius 2 is 2.05 bits per heavy atom. The molecule has 0 unspecified atom stereocenters. The predicted molar refractivity (Wildman–Crippen MR) is 151 cm³/mol. The molecule has 0 aliphatic carbocycles. The molecule has 1 aliphatic heterocycles. The Morgan fingerprint density at radius 1 is 1.28 bits per heavy atom. The second kappa shape index (κ2) is 12.9. The van der Waals surface area contributed by atoms with Crippen LogP contribution in [0, 0.1) is 35.9 Å². The molecule has 1 aliphatic rings. The third kappa shape index (κ3) is 7.08. The molecule has 1 saturated heterocycles. The Labute approximate surface area is 248 Å². The van der Waals surface area contributed by atoms with Crippen molar-refractivity contribution in [1.29, 1.82) is 5.26 Å². The van der Waals surface area contributed by atoms with Crippen molar-refractivity contribution < 1.29 is 27.2 Å². The number of aryl methyl sites for hydroxylation is 1. The Balaban J connectivity index is 1.70. The van der Waals surface area contributed by atoms with Crippen LogP contribution in [0.15, 0.2) is 49.3 Å². The summed E-state index contributed by atoms with van der Waals surface area (Å²) in [6.45, 7) is 4.66. The maximum atomic E-state index is 14.0. The average Bonchev–Trinajstić information content (AvgIpc) is 3.46. The van der Waals surface area contributed by atoms with Gasteiger partial charge in [-0.05, 0) is 56.0 Å². The summed E-state index contributed by atoms with van der Waals surface area (Å²) < 4.78 is 55.3. The Kier molecular flexibility index (Phi) is 9.27. The maximum absolute atomic E-state index is 14.0. The van der Waals surface area contributed by atoms with E-state index in [1.165, 1.54) is 41.2 Å². The number of halogens is 5. The highest BCUT2D eigenvalue weighted by molar-refractivity contribution is 6.31. The van der Waals surface area contributed by atoms with E-state index >= 15 is 0 Å². The number of nitrogens with one attached hydrogen (secondary N) is 1.